The van der Waals surface area contributed by atoms with E-state index in [1.165, 1.54) is 0 Å². The number of carboxylic acids is 1. The summed E-state index contributed by atoms with van der Waals surface area (Å²) < 4.78 is 29.6. The van der Waals surface area contributed by atoms with Crippen LogP contribution in [0, 0.1) is 0 Å². The van der Waals surface area contributed by atoms with Crippen molar-refractivity contribution in [2.75, 3.05) is 5.48 Å². The molecule has 1 atom stereocenters. The van der Waals surface area contributed by atoms with Gasteiger partial charge in [0.05, 0.1) is 10.6 Å². The maximum Gasteiger partial charge on any atom is 0.322 e. The summed E-state index contributed by atoms with van der Waals surface area (Å²) in [5.74, 6) is -1.16. The van der Waals surface area contributed by atoms with Gasteiger partial charge >= 0.3 is 5.97 Å². The van der Waals surface area contributed by atoms with Crippen LogP contribution in [0.4, 0.5) is 5.69 Å². The van der Waals surface area contributed by atoms with Gasteiger partial charge < -0.3 is 5.11 Å². The first-order chi connectivity index (χ1) is 14.9. The summed E-state index contributed by atoms with van der Waals surface area (Å²) in [6, 6.07) is 8.99. The Balaban J connectivity index is 2.55. The van der Waals surface area contributed by atoms with Gasteiger partial charge in [-0.2, -0.15) is 4.72 Å². The number of carbonyl (C=O) groups is 1. The van der Waals surface area contributed by atoms with Crippen LogP contribution >= 0.6 is 0 Å². The van der Waals surface area contributed by atoms with E-state index in [0.717, 1.165) is 5.56 Å². The molecule has 0 fully saturated rings. The van der Waals surface area contributed by atoms with E-state index in [1.807, 2.05) is 45.3 Å². The summed E-state index contributed by atoms with van der Waals surface area (Å²) in [6.07, 6.45) is -0.0673. The van der Waals surface area contributed by atoms with Crippen molar-refractivity contribution in [1.82, 2.24) is 4.72 Å². The largest absolute Gasteiger partial charge is 0.480 e. The van der Waals surface area contributed by atoms with Gasteiger partial charge in [0.2, 0.25) is 10.0 Å². The van der Waals surface area contributed by atoms with Gasteiger partial charge in [0.1, 0.15) is 6.04 Å². The van der Waals surface area contributed by atoms with Crippen LogP contribution in [-0.4, -0.2) is 30.7 Å². The minimum Gasteiger partial charge on any atom is -0.480 e. The average molecular weight is 463 g/mol. The highest BCUT2D eigenvalue weighted by Gasteiger charge is 2.31. The predicted octanol–water partition coefficient (Wildman–Crippen LogP) is 4.83. The number of carboxylic acid groups (broad SMARTS) is 1. The average Bonchev–Trinajstić information content (AvgIpc) is 2.71. The second-order valence-electron chi connectivity index (χ2n) is 9.02. The smallest absolute Gasteiger partial charge is 0.322 e. The summed E-state index contributed by atoms with van der Waals surface area (Å²) >= 11 is 0. The van der Waals surface area contributed by atoms with Gasteiger partial charge in [-0.3, -0.25) is 15.5 Å². The maximum atomic E-state index is 13.6. The number of rotatable bonds is 10. The van der Waals surface area contributed by atoms with Crippen molar-refractivity contribution < 1.29 is 23.5 Å². The molecular weight excluding hydrogens is 428 g/mol. The molecule has 2 aromatic carbocycles. The lowest BCUT2D eigenvalue weighted by molar-refractivity contribution is -0.138. The third-order valence-electron chi connectivity index (χ3n) is 5.44. The van der Waals surface area contributed by atoms with Crippen LogP contribution in [0.3, 0.4) is 0 Å². The predicted molar refractivity (Wildman–Crippen MR) is 126 cm³/mol. The van der Waals surface area contributed by atoms with Crippen molar-refractivity contribution in [2.45, 2.75) is 76.7 Å². The Morgan fingerprint density at radius 1 is 0.938 bits per heavy atom. The molecule has 8 heteroatoms. The van der Waals surface area contributed by atoms with Crippen molar-refractivity contribution in [3.63, 3.8) is 0 Å². The van der Waals surface area contributed by atoms with E-state index in [9.17, 15) is 18.3 Å². The summed E-state index contributed by atoms with van der Waals surface area (Å²) in [5, 5.41) is 18.8. The third kappa shape index (κ3) is 6.09. The monoisotopic (exact) mass is 462 g/mol. The van der Waals surface area contributed by atoms with E-state index in [-0.39, 0.29) is 29.1 Å². The van der Waals surface area contributed by atoms with Crippen molar-refractivity contribution in [3.05, 3.63) is 58.7 Å². The Morgan fingerprint density at radius 2 is 1.50 bits per heavy atom. The SMILES string of the molecule is CC(C)c1cc(C(C)C)c(S(=O)(=O)N[C@@H](Cc2cccc(NO)c2)C(=O)O)c(C(C)C)c1. The third-order valence-corrected chi connectivity index (χ3v) is 7.04. The van der Waals surface area contributed by atoms with Gasteiger partial charge in [0, 0.05) is 0 Å². The molecule has 2 aromatic rings. The van der Waals surface area contributed by atoms with Crippen molar-refractivity contribution in [2.24, 2.45) is 0 Å². The zero-order valence-corrected chi connectivity index (χ0v) is 20.3. The van der Waals surface area contributed by atoms with E-state index < -0.39 is 22.0 Å². The van der Waals surface area contributed by atoms with Gasteiger partial charge in [-0.05, 0) is 58.6 Å². The standard InChI is InChI=1S/C24H34N2O5S/c1-14(2)18-12-20(15(3)4)23(21(13-18)16(5)6)32(30,31)26-22(24(27)28)11-17-8-7-9-19(10-17)25-29/h7-10,12-16,22,25-26,29H,11H2,1-6H3,(H,27,28)/t22-/m0/s1. The zero-order valence-electron chi connectivity index (χ0n) is 19.5. The van der Waals surface area contributed by atoms with Gasteiger partial charge in [0.15, 0.2) is 0 Å². The van der Waals surface area contributed by atoms with Crippen molar-refractivity contribution in [3.8, 4) is 0 Å². The Labute approximate surface area is 190 Å². The molecule has 0 radical (unpaired) electrons. The molecule has 0 heterocycles. The lowest BCUT2D eigenvalue weighted by Crippen LogP contribution is -2.43. The molecule has 0 unspecified atom stereocenters. The fraction of sp³-hybridized carbons (Fsp3) is 0.458. The molecule has 0 aliphatic rings. The second-order valence-corrected chi connectivity index (χ2v) is 10.7. The molecule has 32 heavy (non-hydrogen) atoms. The molecule has 0 saturated carbocycles. The fourth-order valence-electron chi connectivity index (χ4n) is 3.63. The summed E-state index contributed by atoms with van der Waals surface area (Å²) in [5.41, 5.74) is 5.40. The number of aliphatic carboxylic acids is 1. The highest BCUT2D eigenvalue weighted by Crippen LogP contribution is 2.35. The van der Waals surface area contributed by atoms with Crippen molar-refractivity contribution >= 4 is 21.7 Å². The lowest BCUT2D eigenvalue weighted by atomic mass is 9.89. The number of benzene rings is 2. The Bertz CT molecular complexity index is 1030. The quantitative estimate of drug-likeness (QED) is 0.376. The maximum absolute atomic E-state index is 13.6. The van der Waals surface area contributed by atoms with Gasteiger partial charge in [-0.25, -0.2) is 8.42 Å². The highest BCUT2D eigenvalue weighted by atomic mass is 32.2. The van der Waals surface area contributed by atoms with E-state index in [2.05, 4.69) is 18.6 Å². The van der Waals surface area contributed by atoms with Crippen molar-refractivity contribution in [1.29, 1.82) is 0 Å². The second kappa shape index (κ2) is 10.5. The first kappa shape index (κ1) is 25.8. The number of nitrogens with one attached hydrogen (secondary N) is 2. The van der Waals surface area contributed by atoms with Crippen LogP contribution < -0.4 is 10.2 Å². The first-order valence-electron chi connectivity index (χ1n) is 10.8. The highest BCUT2D eigenvalue weighted by molar-refractivity contribution is 7.89. The van der Waals surface area contributed by atoms with E-state index in [4.69, 9.17) is 5.21 Å². The number of anilines is 1. The van der Waals surface area contributed by atoms with Crippen LogP contribution in [0.2, 0.25) is 0 Å². The summed E-state index contributed by atoms with van der Waals surface area (Å²) in [6.45, 7) is 11.9. The Hall–Kier alpha value is -2.42. The molecular formula is C24H34N2O5S. The molecule has 0 spiro atoms. The Morgan fingerprint density at radius 3 is 1.94 bits per heavy atom. The normalized spacial score (nSPS) is 13.1. The number of hydrogen-bond donors (Lipinski definition) is 4. The van der Waals surface area contributed by atoms with Gasteiger partial charge in [-0.15, -0.1) is 0 Å². The van der Waals surface area contributed by atoms with Gasteiger partial charge in [-0.1, -0.05) is 65.8 Å². The van der Waals surface area contributed by atoms with Crippen LogP contribution in [0.25, 0.3) is 0 Å². The zero-order chi connectivity index (χ0) is 24.2. The number of hydrogen-bond acceptors (Lipinski definition) is 5. The summed E-state index contributed by atoms with van der Waals surface area (Å²) in [4.78, 5) is 12.1. The molecule has 0 amide bonds. The van der Waals surface area contributed by atoms with Crippen LogP contribution in [0.15, 0.2) is 41.3 Å². The van der Waals surface area contributed by atoms with Crippen LogP contribution in [-0.2, 0) is 21.2 Å². The fourth-order valence-corrected chi connectivity index (χ4v) is 5.52. The minimum atomic E-state index is -4.13. The molecule has 7 nitrogen and oxygen atoms in total. The molecule has 0 saturated heterocycles. The molecule has 0 aliphatic heterocycles. The molecule has 0 aromatic heterocycles. The molecule has 2 rings (SSSR count). The summed E-state index contributed by atoms with van der Waals surface area (Å²) in [7, 11) is -4.13. The lowest BCUT2D eigenvalue weighted by Gasteiger charge is -2.24. The van der Waals surface area contributed by atoms with Crippen LogP contribution in [0.5, 0.6) is 0 Å². The minimum absolute atomic E-state index is 0.0617. The molecule has 4 N–H and O–H groups in total. The van der Waals surface area contributed by atoms with Gasteiger partial charge in [0.25, 0.3) is 0 Å². The van der Waals surface area contributed by atoms with E-state index in [0.29, 0.717) is 22.4 Å². The van der Waals surface area contributed by atoms with Crippen LogP contribution in [0.1, 0.15) is 81.5 Å². The molecule has 176 valence electrons. The first-order valence-corrected chi connectivity index (χ1v) is 12.3. The Kier molecular flexibility index (Phi) is 8.45. The number of sulfonamides is 1. The molecule has 0 bridgehead atoms. The molecule has 0 aliphatic carbocycles. The van der Waals surface area contributed by atoms with E-state index in [1.54, 1.807) is 24.3 Å². The topological polar surface area (TPSA) is 116 Å². The van der Waals surface area contributed by atoms with E-state index >= 15 is 0 Å².